The molecular formula is C20H25N5O2. The summed E-state index contributed by atoms with van der Waals surface area (Å²) in [6.45, 7) is 2.03. The van der Waals surface area contributed by atoms with Crippen molar-refractivity contribution in [3.05, 3.63) is 41.7 Å². The van der Waals surface area contributed by atoms with Gasteiger partial charge in [0.1, 0.15) is 5.69 Å². The number of hydrogen-bond acceptors (Lipinski definition) is 3. The van der Waals surface area contributed by atoms with Gasteiger partial charge in [0.05, 0.1) is 17.6 Å². The molecule has 0 aromatic carbocycles. The Hall–Kier alpha value is -2.57. The SMILES string of the molecule is Cn1cccc1C(=O)N1CCC2(CC1)c1nc[nH]c1CCN2C(=O)C1CC1. The number of aryl methyl sites for hydroxylation is 1. The number of fused-ring (bicyclic) bond motifs is 2. The summed E-state index contributed by atoms with van der Waals surface area (Å²) >= 11 is 0. The normalized spacial score (nSPS) is 21.4. The van der Waals surface area contributed by atoms with Crippen molar-refractivity contribution in [3.63, 3.8) is 0 Å². The molecule has 7 nitrogen and oxygen atoms in total. The topological polar surface area (TPSA) is 74.2 Å². The highest BCUT2D eigenvalue weighted by atomic mass is 16.2. The Morgan fingerprint density at radius 1 is 1.22 bits per heavy atom. The van der Waals surface area contributed by atoms with Crippen LogP contribution in [0.25, 0.3) is 0 Å². The van der Waals surface area contributed by atoms with Crippen molar-refractivity contribution in [1.29, 1.82) is 0 Å². The van der Waals surface area contributed by atoms with Crippen molar-refractivity contribution in [2.24, 2.45) is 13.0 Å². The number of piperidine rings is 1. The number of amides is 2. The van der Waals surface area contributed by atoms with Crippen LogP contribution in [0, 0.1) is 5.92 Å². The number of aromatic amines is 1. The van der Waals surface area contributed by atoms with Crippen LogP contribution in [0.4, 0.5) is 0 Å². The molecule has 1 N–H and O–H groups in total. The van der Waals surface area contributed by atoms with E-state index in [1.807, 2.05) is 34.8 Å². The fourth-order valence-electron chi connectivity index (χ4n) is 4.78. The zero-order valence-electron chi connectivity index (χ0n) is 15.6. The number of hydrogen-bond donors (Lipinski definition) is 1. The molecule has 2 amide bonds. The van der Waals surface area contributed by atoms with Crippen molar-refractivity contribution in [2.75, 3.05) is 19.6 Å². The molecule has 3 aliphatic rings. The van der Waals surface area contributed by atoms with Crippen molar-refractivity contribution in [3.8, 4) is 0 Å². The first-order chi connectivity index (χ1) is 13.1. The first-order valence-corrected chi connectivity index (χ1v) is 9.85. The maximum Gasteiger partial charge on any atom is 0.270 e. The second-order valence-corrected chi connectivity index (χ2v) is 8.07. The fourth-order valence-corrected chi connectivity index (χ4v) is 4.78. The molecule has 1 spiro atoms. The molecular weight excluding hydrogens is 342 g/mol. The third kappa shape index (κ3) is 2.51. The second kappa shape index (κ2) is 5.97. The Morgan fingerprint density at radius 2 is 2.00 bits per heavy atom. The number of imidazole rings is 1. The monoisotopic (exact) mass is 367 g/mol. The summed E-state index contributed by atoms with van der Waals surface area (Å²) in [6, 6.07) is 3.76. The molecule has 1 saturated carbocycles. The van der Waals surface area contributed by atoms with E-state index in [9.17, 15) is 9.59 Å². The van der Waals surface area contributed by atoms with Gasteiger partial charge in [-0.2, -0.15) is 0 Å². The van der Waals surface area contributed by atoms with Gasteiger partial charge < -0.3 is 19.4 Å². The van der Waals surface area contributed by atoms with E-state index in [1.165, 1.54) is 0 Å². The molecule has 142 valence electrons. The van der Waals surface area contributed by atoms with Crippen molar-refractivity contribution in [1.82, 2.24) is 24.3 Å². The van der Waals surface area contributed by atoms with Gasteiger partial charge >= 0.3 is 0 Å². The summed E-state index contributed by atoms with van der Waals surface area (Å²) < 4.78 is 1.86. The summed E-state index contributed by atoms with van der Waals surface area (Å²) in [7, 11) is 1.89. The number of rotatable bonds is 2. The predicted octanol–water partition coefficient (Wildman–Crippen LogP) is 1.67. The summed E-state index contributed by atoms with van der Waals surface area (Å²) in [5, 5.41) is 0. The molecule has 0 bridgehead atoms. The van der Waals surface area contributed by atoms with Crippen LogP contribution in [-0.2, 0) is 23.8 Å². The molecule has 0 unspecified atom stereocenters. The molecule has 2 fully saturated rings. The summed E-state index contributed by atoms with van der Waals surface area (Å²) in [5.41, 5.74) is 2.52. The molecule has 1 saturated heterocycles. The lowest BCUT2D eigenvalue weighted by atomic mass is 9.78. The predicted molar refractivity (Wildman–Crippen MR) is 99.0 cm³/mol. The van der Waals surface area contributed by atoms with Crippen LogP contribution in [0.15, 0.2) is 24.7 Å². The Bertz CT molecular complexity index is 886. The molecule has 0 atom stereocenters. The lowest BCUT2D eigenvalue weighted by molar-refractivity contribution is -0.143. The maximum atomic E-state index is 13.0. The van der Waals surface area contributed by atoms with Gasteiger partial charge in [0.2, 0.25) is 5.91 Å². The van der Waals surface area contributed by atoms with E-state index in [0.29, 0.717) is 18.8 Å². The zero-order chi connectivity index (χ0) is 18.6. The van der Waals surface area contributed by atoms with Crippen LogP contribution >= 0.6 is 0 Å². The molecule has 2 aliphatic heterocycles. The van der Waals surface area contributed by atoms with Gasteiger partial charge in [0, 0.05) is 50.9 Å². The lowest BCUT2D eigenvalue weighted by Crippen LogP contribution is -2.59. The van der Waals surface area contributed by atoms with Gasteiger partial charge in [-0.3, -0.25) is 9.59 Å². The summed E-state index contributed by atoms with van der Waals surface area (Å²) in [5.74, 6) is 0.548. The van der Waals surface area contributed by atoms with Crippen LogP contribution in [0.5, 0.6) is 0 Å². The van der Waals surface area contributed by atoms with Crippen LogP contribution in [0.1, 0.15) is 47.6 Å². The van der Waals surface area contributed by atoms with E-state index in [4.69, 9.17) is 0 Å². The lowest BCUT2D eigenvalue weighted by Gasteiger charge is -2.50. The molecule has 27 heavy (non-hydrogen) atoms. The number of H-pyrrole nitrogens is 1. The van der Waals surface area contributed by atoms with Crippen LogP contribution in [-0.4, -0.2) is 55.8 Å². The smallest absolute Gasteiger partial charge is 0.270 e. The van der Waals surface area contributed by atoms with E-state index in [1.54, 1.807) is 6.33 Å². The Morgan fingerprint density at radius 3 is 2.67 bits per heavy atom. The number of nitrogens with one attached hydrogen (secondary N) is 1. The number of nitrogens with zero attached hydrogens (tertiary/aromatic N) is 4. The average molecular weight is 367 g/mol. The number of carbonyl (C=O) groups excluding carboxylic acids is 2. The van der Waals surface area contributed by atoms with Gasteiger partial charge in [-0.05, 0) is 37.8 Å². The minimum absolute atomic E-state index is 0.0653. The second-order valence-electron chi connectivity index (χ2n) is 8.07. The molecule has 2 aromatic heterocycles. The van der Waals surface area contributed by atoms with Gasteiger partial charge in [0.15, 0.2) is 0 Å². The molecule has 4 heterocycles. The first kappa shape index (κ1) is 16.6. The van der Waals surface area contributed by atoms with Gasteiger partial charge in [-0.25, -0.2) is 4.98 Å². The largest absolute Gasteiger partial charge is 0.348 e. The van der Waals surface area contributed by atoms with Crippen LogP contribution < -0.4 is 0 Å². The highest BCUT2D eigenvalue weighted by molar-refractivity contribution is 5.93. The van der Waals surface area contributed by atoms with Gasteiger partial charge in [-0.15, -0.1) is 0 Å². The van der Waals surface area contributed by atoms with Crippen LogP contribution in [0.3, 0.4) is 0 Å². The fraction of sp³-hybridized carbons (Fsp3) is 0.550. The quantitative estimate of drug-likeness (QED) is 0.878. The minimum atomic E-state index is -0.363. The Labute approximate surface area is 158 Å². The van der Waals surface area contributed by atoms with E-state index in [0.717, 1.165) is 50.0 Å². The van der Waals surface area contributed by atoms with Crippen molar-refractivity contribution >= 4 is 11.8 Å². The van der Waals surface area contributed by atoms with E-state index >= 15 is 0 Å². The molecule has 1 aliphatic carbocycles. The maximum absolute atomic E-state index is 13.0. The third-order valence-corrected chi connectivity index (χ3v) is 6.49. The molecule has 2 aromatic rings. The van der Waals surface area contributed by atoms with E-state index in [2.05, 4.69) is 14.9 Å². The number of aromatic nitrogens is 3. The molecule has 5 rings (SSSR count). The third-order valence-electron chi connectivity index (χ3n) is 6.49. The highest BCUT2D eigenvalue weighted by Gasteiger charge is 2.51. The Kier molecular flexibility index (Phi) is 3.67. The van der Waals surface area contributed by atoms with Gasteiger partial charge in [0.25, 0.3) is 5.91 Å². The summed E-state index contributed by atoms with van der Waals surface area (Å²) in [4.78, 5) is 37.8. The van der Waals surface area contributed by atoms with Crippen molar-refractivity contribution in [2.45, 2.75) is 37.6 Å². The average Bonchev–Trinajstić information content (AvgIpc) is 3.26. The number of carbonyl (C=O) groups is 2. The summed E-state index contributed by atoms with van der Waals surface area (Å²) in [6.07, 6.45) is 8.00. The van der Waals surface area contributed by atoms with E-state index < -0.39 is 0 Å². The standard InChI is InChI=1S/C20H25N5O2/c1-23-9-2-3-16(23)19(27)24-11-7-20(8-12-24)17-15(21-13-22-17)6-10-25(20)18(26)14-4-5-14/h2-3,9,13-14H,4-8,10-12H2,1H3,(H,21,22). The molecule has 7 heteroatoms. The minimum Gasteiger partial charge on any atom is -0.348 e. The van der Waals surface area contributed by atoms with E-state index in [-0.39, 0.29) is 23.3 Å². The Balaban J connectivity index is 1.42. The van der Waals surface area contributed by atoms with Gasteiger partial charge in [-0.1, -0.05) is 0 Å². The zero-order valence-corrected chi connectivity index (χ0v) is 15.6. The van der Waals surface area contributed by atoms with Crippen molar-refractivity contribution < 1.29 is 9.59 Å². The first-order valence-electron chi connectivity index (χ1n) is 9.85. The number of likely N-dealkylation sites (tertiary alicyclic amines) is 1. The van der Waals surface area contributed by atoms with Crippen LogP contribution in [0.2, 0.25) is 0 Å². The molecule has 0 radical (unpaired) electrons. The highest BCUT2D eigenvalue weighted by Crippen LogP contribution is 2.45.